The van der Waals surface area contributed by atoms with Crippen molar-refractivity contribution in [3.63, 3.8) is 0 Å². The monoisotopic (exact) mass is 724 g/mol. The molecule has 1 unspecified atom stereocenters. The molecule has 1 fully saturated rings. The van der Waals surface area contributed by atoms with Gasteiger partial charge in [-0.05, 0) is 112 Å². The first-order chi connectivity index (χ1) is 25.4. The molecule has 0 aromatic carbocycles. The molecule has 3 aliphatic rings. The van der Waals surface area contributed by atoms with Crippen LogP contribution in [0.2, 0.25) is 0 Å². The number of methoxy groups -OCH3 is 1. The van der Waals surface area contributed by atoms with Gasteiger partial charge >= 0.3 is 5.97 Å². The first-order valence-electron chi connectivity index (χ1n) is 19.7. The number of carbonyl (C=O) groups excluding carboxylic acids is 1. The minimum absolute atomic E-state index is 0.00502. The molecule has 286 valence electrons. The van der Waals surface area contributed by atoms with Gasteiger partial charge in [0.05, 0.1) is 17.7 Å². The fourth-order valence-electron chi connectivity index (χ4n) is 8.90. The van der Waals surface area contributed by atoms with Gasteiger partial charge in [0.1, 0.15) is 6.61 Å². The first-order valence-corrected chi connectivity index (χ1v) is 19.7. The summed E-state index contributed by atoms with van der Waals surface area (Å²) in [7, 11) is 1.46. The predicted octanol–water partition coefficient (Wildman–Crippen LogP) is 6.78. The van der Waals surface area contributed by atoms with Crippen LogP contribution in [0.5, 0.6) is 0 Å². The Labute approximate surface area is 314 Å². The zero-order valence-electron chi connectivity index (χ0n) is 33.2. The lowest BCUT2D eigenvalue weighted by atomic mass is 9.84. The fourth-order valence-corrected chi connectivity index (χ4v) is 8.90. The topological polar surface area (TPSA) is 135 Å². The summed E-state index contributed by atoms with van der Waals surface area (Å²) in [6.07, 6.45) is 13.4. The summed E-state index contributed by atoms with van der Waals surface area (Å²) in [4.78, 5) is 24.3. The second-order valence-corrected chi connectivity index (χ2v) is 15.3. The van der Waals surface area contributed by atoms with Crippen LogP contribution in [0.4, 0.5) is 0 Å². The van der Waals surface area contributed by atoms with E-state index in [1.165, 1.54) is 47.8 Å². The van der Waals surface area contributed by atoms with Crippen LogP contribution in [-0.2, 0) is 27.1 Å². The van der Waals surface area contributed by atoms with Crippen LogP contribution >= 0.6 is 0 Å². The second-order valence-electron chi connectivity index (χ2n) is 15.3. The third-order valence-corrected chi connectivity index (χ3v) is 12.2. The number of unbranched alkanes of at least 4 members (excludes halogenated alkanes) is 2. The van der Waals surface area contributed by atoms with E-state index in [9.17, 15) is 15.0 Å². The lowest BCUT2D eigenvalue weighted by Crippen LogP contribution is -2.28. The van der Waals surface area contributed by atoms with Crippen molar-refractivity contribution < 1.29 is 24.5 Å². The number of aromatic amines is 3. The number of fused-ring (bicyclic) bond motifs is 7. The molecule has 53 heavy (non-hydrogen) atoms. The van der Waals surface area contributed by atoms with Crippen LogP contribution in [0, 0.1) is 38.5 Å². The van der Waals surface area contributed by atoms with E-state index in [0.29, 0.717) is 6.42 Å². The molecule has 9 heteroatoms. The Morgan fingerprint density at radius 3 is 2.32 bits per heavy atom. The number of carbonyl (C=O) groups is 1. The highest BCUT2D eigenvalue weighted by Gasteiger charge is 2.48. The molecular weight excluding hydrogens is 665 g/mol. The van der Waals surface area contributed by atoms with Gasteiger partial charge in [-0.3, -0.25) is 4.79 Å². The van der Waals surface area contributed by atoms with Gasteiger partial charge in [-0.15, -0.1) is 0 Å². The molecule has 3 aromatic heterocycles. The third-order valence-electron chi connectivity index (χ3n) is 12.2. The van der Waals surface area contributed by atoms with Gasteiger partial charge < -0.3 is 40.0 Å². The normalized spacial score (nSPS) is 25.0. The van der Waals surface area contributed by atoms with Gasteiger partial charge in [0, 0.05) is 75.7 Å². The van der Waals surface area contributed by atoms with E-state index in [2.05, 4.69) is 87.0 Å². The van der Waals surface area contributed by atoms with E-state index < -0.39 is 18.3 Å². The maximum Gasteiger partial charge on any atom is 0.306 e. The van der Waals surface area contributed by atoms with Crippen molar-refractivity contribution in [3.05, 3.63) is 89.9 Å². The number of esters is 1. The van der Waals surface area contributed by atoms with E-state index >= 15 is 0 Å². The number of aliphatic hydroxyl groups is 2. The van der Waals surface area contributed by atoms with Crippen LogP contribution in [0.3, 0.4) is 0 Å². The summed E-state index contributed by atoms with van der Waals surface area (Å²) < 4.78 is 11.2. The number of hydrogen-bond donors (Lipinski definition) is 6. The third kappa shape index (κ3) is 7.28. The van der Waals surface area contributed by atoms with Gasteiger partial charge in [-0.1, -0.05) is 46.1 Å². The highest BCUT2D eigenvalue weighted by Crippen LogP contribution is 2.53. The molecule has 5 heterocycles. The summed E-state index contributed by atoms with van der Waals surface area (Å²) in [5.74, 6) is -1.07. The standard InChI is InChI=1S/C44H60N4O5/c1-10-13-14-15-23(4)18-19-53-37(49)17-16-30-26(7)33-20-31-24(5)28(11-2)35(45-31)21-32-25(6)29(12-3)36(46-32)22-34-27(8)38-42(48-34)39(41(30)47-33)40(43(38)50)44(51)52-9/h18,20-22,26,30,40,43-48,50-51H,10-17,19H2,1-9H3/b23-18+,32-21-,33-20-,36-22-,41-39-/t26-,30-,40+,43+,44?/m0/s1. The van der Waals surface area contributed by atoms with Gasteiger partial charge in [0.25, 0.3) is 0 Å². The Bertz CT molecular complexity index is 2070. The molecule has 1 aliphatic carbocycles. The summed E-state index contributed by atoms with van der Waals surface area (Å²) in [6, 6.07) is 0. The molecule has 5 atom stereocenters. The smallest absolute Gasteiger partial charge is 0.306 e. The van der Waals surface area contributed by atoms with E-state index in [1.807, 2.05) is 13.0 Å². The highest BCUT2D eigenvalue weighted by atomic mass is 16.6. The molecule has 8 bridgehead atoms. The van der Waals surface area contributed by atoms with E-state index in [4.69, 9.17) is 9.47 Å². The minimum Gasteiger partial charge on any atom is -0.461 e. The number of ether oxygens (including phenoxy) is 2. The van der Waals surface area contributed by atoms with Crippen molar-refractivity contribution in [2.24, 2.45) is 17.8 Å². The Hall–Kier alpha value is -4.05. The number of rotatable bonds is 13. The molecule has 3 aromatic rings. The quantitative estimate of drug-likeness (QED) is 0.0499. The molecule has 0 spiro atoms. The zero-order chi connectivity index (χ0) is 38.1. The maximum atomic E-state index is 13.2. The molecule has 0 amide bonds. The summed E-state index contributed by atoms with van der Waals surface area (Å²) in [6.45, 7) is 17.5. The maximum absolute atomic E-state index is 13.2. The van der Waals surface area contributed by atoms with Gasteiger partial charge in [-0.2, -0.15) is 0 Å². The lowest BCUT2D eigenvalue weighted by Gasteiger charge is -2.26. The SMILES string of the molecule is CCCCC/C(C)=C/COC(=O)CC[C@@H]1/C2=C3/c4[nH]c(c(C)c4[C@@H](O)[C@@H]3C(O)OC)/C=c3\[nH]/c(c(C)c3CC)=C\c3[nH]c(c(C)c3CC)/C=C(\N2)[C@H]1C. The first kappa shape index (κ1) is 38.7. The second kappa shape index (κ2) is 16.1. The Balaban J connectivity index is 1.49. The van der Waals surface area contributed by atoms with Crippen LogP contribution in [0.1, 0.15) is 135 Å². The number of hydrogen-bond acceptors (Lipinski definition) is 6. The average molecular weight is 725 g/mol. The van der Waals surface area contributed by atoms with E-state index in [0.717, 1.165) is 87.3 Å². The van der Waals surface area contributed by atoms with Crippen molar-refractivity contribution in [3.8, 4) is 0 Å². The number of allylic oxidation sites excluding steroid dienone is 3. The van der Waals surface area contributed by atoms with Crippen molar-refractivity contribution in [1.29, 1.82) is 0 Å². The largest absolute Gasteiger partial charge is 0.461 e. The molecule has 9 nitrogen and oxygen atoms in total. The number of aliphatic hydroxyl groups excluding tert-OH is 2. The van der Waals surface area contributed by atoms with Crippen molar-refractivity contribution in [1.82, 2.24) is 20.3 Å². The van der Waals surface area contributed by atoms with Crippen molar-refractivity contribution >= 4 is 29.8 Å². The number of H-pyrrole nitrogens is 3. The molecule has 0 radical (unpaired) electrons. The number of nitrogens with one attached hydrogen (secondary N) is 4. The van der Waals surface area contributed by atoms with Crippen LogP contribution in [0.15, 0.2) is 23.0 Å². The molecule has 6 rings (SSSR count). The van der Waals surface area contributed by atoms with Gasteiger partial charge in [0.15, 0.2) is 6.29 Å². The van der Waals surface area contributed by atoms with Gasteiger partial charge in [-0.25, -0.2) is 0 Å². The summed E-state index contributed by atoms with van der Waals surface area (Å²) in [5, 5.41) is 29.2. The Kier molecular flexibility index (Phi) is 11.8. The average Bonchev–Trinajstić information content (AvgIpc) is 3.87. The predicted molar refractivity (Wildman–Crippen MR) is 212 cm³/mol. The molecule has 2 aliphatic heterocycles. The van der Waals surface area contributed by atoms with Crippen LogP contribution in [-0.4, -0.2) is 51.1 Å². The summed E-state index contributed by atoms with van der Waals surface area (Å²) in [5.41, 5.74) is 14.4. The fraction of sp³-hybridized carbons (Fsp3) is 0.523. The minimum atomic E-state index is -1.25. The Morgan fingerprint density at radius 2 is 1.62 bits per heavy atom. The van der Waals surface area contributed by atoms with Crippen molar-refractivity contribution in [2.75, 3.05) is 13.7 Å². The molecule has 0 saturated carbocycles. The van der Waals surface area contributed by atoms with Crippen molar-refractivity contribution in [2.45, 2.75) is 119 Å². The zero-order valence-corrected chi connectivity index (χ0v) is 33.2. The molecule has 1 saturated heterocycles. The van der Waals surface area contributed by atoms with E-state index in [1.54, 1.807) is 0 Å². The molecular formula is C44H60N4O5. The van der Waals surface area contributed by atoms with Crippen LogP contribution < -0.4 is 16.0 Å². The summed E-state index contributed by atoms with van der Waals surface area (Å²) >= 11 is 0. The lowest BCUT2D eigenvalue weighted by molar-refractivity contribution is -0.142. The van der Waals surface area contributed by atoms with Gasteiger partial charge in [0.2, 0.25) is 0 Å². The highest BCUT2D eigenvalue weighted by molar-refractivity contribution is 5.81. The Morgan fingerprint density at radius 1 is 0.906 bits per heavy atom. The van der Waals surface area contributed by atoms with E-state index in [-0.39, 0.29) is 30.8 Å². The number of aromatic nitrogens is 3. The van der Waals surface area contributed by atoms with Crippen LogP contribution in [0.25, 0.3) is 23.8 Å². The molecule has 6 N–H and O–H groups in total.